The summed E-state index contributed by atoms with van der Waals surface area (Å²) in [7, 11) is 0. The van der Waals surface area contributed by atoms with Crippen LogP contribution >= 0.6 is 0 Å². The number of benzene rings is 2. The molecule has 2 aromatic carbocycles. The third-order valence-corrected chi connectivity index (χ3v) is 3.59. The van der Waals surface area contributed by atoms with E-state index < -0.39 is 0 Å². The van der Waals surface area contributed by atoms with Crippen LogP contribution < -0.4 is 5.32 Å². The number of fused-ring (bicyclic) bond motifs is 1. The van der Waals surface area contributed by atoms with Crippen molar-refractivity contribution in [3.05, 3.63) is 48.0 Å². The molecule has 0 aromatic heterocycles. The molecular weight excluding hydrogens is 222 g/mol. The van der Waals surface area contributed by atoms with E-state index in [9.17, 15) is 0 Å². The van der Waals surface area contributed by atoms with Crippen molar-refractivity contribution in [2.45, 2.75) is 25.5 Å². The molecule has 1 aliphatic heterocycles. The van der Waals surface area contributed by atoms with E-state index >= 15 is 0 Å². The van der Waals surface area contributed by atoms with E-state index in [1.165, 1.54) is 29.2 Å². The minimum Gasteiger partial charge on any atom is -0.377 e. The molecule has 0 spiro atoms. The van der Waals surface area contributed by atoms with Crippen molar-refractivity contribution in [2.75, 3.05) is 13.2 Å². The zero-order chi connectivity index (χ0) is 12.2. The maximum absolute atomic E-state index is 5.62. The molecule has 1 heterocycles. The SMILES string of the molecule is c1ccc2c(CNCC3CCCO3)cccc2c1. The Morgan fingerprint density at radius 1 is 1.11 bits per heavy atom. The van der Waals surface area contributed by atoms with Gasteiger partial charge in [-0.1, -0.05) is 42.5 Å². The van der Waals surface area contributed by atoms with E-state index in [4.69, 9.17) is 4.74 Å². The molecule has 0 aliphatic carbocycles. The Balaban J connectivity index is 1.66. The van der Waals surface area contributed by atoms with Crippen molar-refractivity contribution < 1.29 is 4.74 Å². The molecule has 2 heteroatoms. The second-order valence-corrected chi connectivity index (χ2v) is 4.90. The van der Waals surface area contributed by atoms with Gasteiger partial charge in [-0.2, -0.15) is 0 Å². The normalized spacial score (nSPS) is 19.4. The second kappa shape index (κ2) is 5.51. The smallest absolute Gasteiger partial charge is 0.0700 e. The largest absolute Gasteiger partial charge is 0.377 e. The van der Waals surface area contributed by atoms with Gasteiger partial charge >= 0.3 is 0 Å². The molecule has 1 atom stereocenters. The van der Waals surface area contributed by atoms with E-state index in [-0.39, 0.29) is 0 Å². The lowest BCUT2D eigenvalue weighted by molar-refractivity contribution is 0.110. The van der Waals surface area contributed by atoms with Gasteiger partial charge in [-0.05, 0) is 29.2 Å². The molecule has 1 N–H and O–H groups in total. The first-order valence-electron chi connectivity index (χ1n) is 6.72. The molecule has 0 amide bonds. The summed E-state index contributed by atoms with van der Waals surface area (Å²) in [6, 6.07) is 15.0. The van der Waals surface area contributed by atoms with E-state index in [2.05, 4.69) is 47.8 Å². The van der Waals surface area contributed by atoms with Crippen molar-refractivity contribution in [3.63, 3.8) is 0 Å². The second-order valence-electron chi connectivity index (χ2n) is 4.90. The molecular formula is C16H19NO. The molecule has 94 valence electrons. The Bertz CT molecular complexity index is 512. The van der Waals surface area contributed by atoms with Crippen LogP contribution in [0.3, 0.4) is 0 Å². The van der Waals surface area contributed by atoms with Crippen LogP contribution in [-0.2, 0) is 11.3 Å². The van der Waals surface area contributed by atoms with Crippen LogP contribution in [0.2, 0.25) is 0 Å². The quantitative estimate of drug-likeness (QED) is 0.888. The maximum Gasteiger partial charge on any atom is 0.0700 e. The zero-order valence-electron chi connectivity index (χ0n) is 10.6. The average Bonchev–Trinajstić information content (AvgIpc) is 2.92. The highest BCUT2D eigenvalue weighted by atomic mass is 16.5. The van der Waals surface area contributed by atoms with E-state index in [0.29, 0.717) is 6.10 Å². The summed E-state index contributed by atoms with van der Waals surface area (Å²) in [5.41, 5.74) is 1.37. The lowest BCUT2D eigenvalue weighted by Gasteiger charge is -2.12. The molecule has 18 heavy (non-hydrogen) atoms. The standard InChI is InChI=1S/C16H19NO/c1-2-9-16-13(5-1)6-3-7-14(16)11-17-12-15-8-4-10-18-15/h1-3,5-7,9,15,17H,4,8,10-12H2. The van der Waals surface area contributed by atoms with Crippen molar-refractivity contribution in [3.8, 4) is 0 Å². The van der Waals surface area contributed by atoms with Gasteiger partial charge in [-0.3, -0.25) is 0 Å². The average molecular weight is 241 g/mol. The Labute approximate surface area is 108 Å². The third-order valence-electron chi connectivity index (χ3n) is 3.59. The molecule has 0 bridgehead atoms. The van der Waals surface area contributed by atoms with Gasteiger partial charge in [0.25, 0.3) is 0 Å². The Morgan fingerprint density at radius 3 is 2.89 bits per heavy atom. The summed E-state index contributed by atoms with van der Waals surface area (Å²) in [6.07, 6.45) is 2.82. The predicted octanol–water partition coefficient (Wildman–Crippen LogP) is 3.11. The van der Waals surface area contributed by atoms with Crippen LogP contribution in [0, 0.1) is 0 Å². The number of hydrogen-bond acceptors (Lipinski definition) is 2. The predicted molar refractivity (Wildman–Crippen MR) is 74.6 cm³/mol. The van der Waals surface area contributed by atoms with E-state index in [1.807, 2.05) is 0 Å². The number of ether oxygens (including phenoxy) is 1. The Morgan fingerprint density at radius 2 is 2.00 bits per heavy atom. The first kappa shape index (κ1) is 11.7. The minimum absolute atomic E-state index is 0.417. The van der Waals surface area contributed by atoms with Gasteiger partial charge in [-0.15, -0.1) is 0 Å². The molecule has 0 saturated carbocycles. The maximum atomic E-state index is 5.62. The minimum atomic E-state index is 0.417. The van der Waals surface area contributed by atoms with Crippen LogP contribution in [0.5, 0.6) is 0 Å². The summed E-state index contributed by atoms with van der Waals surface area (Å²) in [5, 5.41) is 6.17. The fourth-order valence-corrected chi connectivity index (χ4v) is 2.62. The molecule has 1 aliphatic rings. The van der Waals surface area contributed by atoms with Crippen molar-refractivity contribution in [1.29, 1.82) is 0 Å². The summed E-state index contributed by atoms with van der Waals surface area (Å²) in [5.74, 6) is 0. The molecule has 0 radical (unpaired) electrons. The van der Waals surface area contributed by atoms with Gasteiger partial charge in [0.15, 0.2) is 0 Å². The molecule has 2 nitrogen and oxygen atoms in total. The molecule has 1 unspecified atom stereocenters. The third kappa shape index (κ3) is 2.55. The fourth-order valence-electron chi connectivity index (χ4n) is 2.62. The number of nitrogens with one attached hydrogen (secondary N) is 1. The summed E-state index contributed by atoms with van der Waals surface area (Å²) < 4.78 is 5.62. The molecule has 3 rings (SSSR count). The van der Waals surface area contributed by atoms with Crippen LogP contribution in [0.25, 0.3) is 10.8 Å². The van der Waals surface area contributed by atoms with Crippen molar-refractivity contribution in [2.24, 2.45) is 0 Å². The van der Waals surface area contributed by atoms with Crippen LogP contribution in [0.15, 0.2) is 42.5 Å². The fraction of sp³-hybridized carbons (Fsp3) is 0.375. The lowest BCUT2D eigenvalue weighted by Crippen LogP contribution is -2.25. The highest BCUT2D eigenvalue weighted by Crippen LogP contribution is 2.18. The van der Waals surface area contributed by atoms with E-state index in [0.717, 1.165) is 19.7 Å². The van der Waals surface area contributed by atoms with Crippen molar-refractivity contribution in [1.82, 2.24) is 5.32 Å². The van der Waals surface area contributed by atoms with Gasteiger partial charge in [-0.25, -0.2) is 0 Å². The molecule has 1 fully saturated rings. The van der Waals surface area contributed by atoms with E-state index in [1.54, 1.807) is 0 Å². The van der Waals surface area contributed by atoms with Gasteiger partial charge in [0.1, 0.15) is 0 Å². The zero-order valence-corrected chi connectivity index (χ0v) is 10.6. The van der Waals surface area contributed by atoms with Gasteiger partial charge in [0, 0.05) is 19.7 Å². The highest BCUT2D eigenvalue weighted by Gasteiger charge is 2.14. The van der Waals surface area contributed by atoms with Gasteiger partial charge in [0.05, 0.1) is 6.10 Å². The first-order chi connectivity index (χ1) is 8.93. The summed E-state index contributed by atoms with van der Waals surface area (Å²) >= 11 is 0. The topological polar surface area (TPSA) is 21.3 Å². The number of rotatable bonds is 4. The monoisotopic (exact) mass is 241 g/mol. The van der Waals surface area contributed by atoms with Crippen molar-refractivity contribution >= 4 is 10.8 Å². The summed E-state index contributed by atoms with van der Waals surface area (Å²) in [4.78, 5) is 0. The molecule has 2 aromatic rings. The molecule has 1 saturated heterocycles. The number of hydrogen-bond donors (Lipinski definition) is 1. The summed E-state index contributed by atoms with van der Waals surface area (Å²) in [6.45, 7) is 2.81. The van der Waals surface area contributed by atoms with Gasteiger partial charge < -0.3 is 10.1 Å². The van der Waals surface area contributed by atoms with Gasteiger partial charge in [0.2, 0.25) is 0 Å². The highest BCUT2D eigenvalue weighted by molar-refractivity contribution is 5.85. The first-order valence-corrected chi connectivity index (χ1v) is 6.72. The lowest BCUT2D eigenvalue weighted by atomic mass is 10.0. The van der Waals surface area contributed by atoms with Crippen LogP contribution in [0.1, 0.15) is 18.4 Å². The van der Waals surface area contributed by atoms with Crippen LogP contribution in [-0.4, -0.2) is 19.3 Å². The Hall–Kier alpha value is -1.38. The Kier molecular flexibility index (Phi) is 3.58. The van der Waals surface area contributed by atoms with Crippen LogP contribution in [0.4, 0.5) is 0 Å².